The maximum Gasteiger partial charge on any atom is 0.265 e. The van der Waals surface area contributed by atoms with E-state index in [0.717, 1.165) is 12.2 Å². The second kappa shape index (κ2) is 13.0. The SMILES string of the molecule is CCOc1cc(C(Nc2ccc(C(=N)N)cc2)C(=O)NNc2ccccc2)ccc1OCCN(C)C. The fraction of sp³-hybridized carbons (Fsp3) is 0.259. The van der Waals surface area contributed by atoms with Crippen LogP contribution >= 0.6 is 0 Å². The van der Waals surface area contributed by atoms with Crippen molar-refractivity contribution >= 4 is 23.1 Å². The molecule has 0 saturated heterocycles. The van der Waals surface area contributed by atoms with Crippen LogP contribution in [0.5, 0.6) is 11.5 Å². The van der Waals surface area contributed by atoms with Gasteiger partial charge in [0.1, 0.15) is 18.5 Å². The second-order valence-electron chi connectivity index (χ2n) is 8.34. The van der Waals surface area contributed by atoms with Crippen LogP contribution in [0.25, 0.3) is 0 Å². The number of para-hydroxylation sites is 1. The summed E-state index contributed by atoms with van der Waals surface area (Å²) in [6, 6.07) is 21.1. The number of carbonyl (C=O) groups excluding carboxylic acids is 1. The number of carbonyl (C=O) groups is 1. The van der Waals surface area contributed by atoms with E-state index in [9.17, 15) is 4.79 Å². The third kappa shape index (κ3) is 7.64. The molecule has 190 valence electrons. The van der Waals surface area contributed by atoms with Gasteiger partial charge in [0.15, 0.2) is 11.5 Å². The number of hydrazine groups is 1. The minimum Gasteiger partial charge on any atom is -0.490 e. The van der Waals surface area contributed by atoms with Crippen LogP contribution in [-0.2, 0) is 4.79 Å². The zero-order chi connectivity index (χ0) is 25.9. The Morgan fingerprint density at radius 1 is 0.972 bits per heavy atom. The molecule has 36 heavy (non-hydrogen) atoms. The highest BCUT2D eigenvalue weighted by molar-refractivity contribution is 5.95. The molecular weight excluding hydrogens is 456 g/mol. The zero-order valence-electron chi connectivity index (χ0n) is 20.9. The Morgan fingerprint density at radius 3 is 2.33 bits per heavy atom. The highest BCUT2D eigenvalue weighted by Gasteiger charge is 2.23. The lowest BCUT2D eigenvalue weighted by molar-refractivity contribution is -0.121. The number of nitrogens with zero attached hydrogens (tertiary/aromatic N) is 1. The number of ether oxygens (including phenoxy) is 2. The van der Waals surface area contributed by atoms with Crippen molar-refractivity contribution in [1.82, 2.24) is 10.3 Å². The molecule has 0 heterocycles. The Labute approximate surface area is 212 Å². The maximum atomic E-state index is 13.3. The van der Waals surface area contributed by atoms with Gasteiger partial charge in [-0.1, -0.05) is 24.3 Å². The molecule has 3 aromatic carbocycles. The minimum absolute atomic E-state index is 0.0193. The average molecular weight is 491 g/mol. The fourth-order valence-electron chi connectivity index (χ4n) is 3.37. The first-order chi connectivity index (χ1) is 17.4. The highest BCUT2D eigenvalue weighted by Crippen LogP contribution is 2.32. The number of hydrogen-bond donors (Lipinski definition) is 5. The summed E-state index contributed by atoms with van der Waals surface area (Å²) in [6.45, 7) is 3.64. The van der Waals surface area contributed by atoms with Crippen LogP contribution in [0.15, 0.2) is 72.8 Å². The molecule has 1 amide bonds. The van der Waals surface area contributed by atoms with E-state index in [2.05, 4.69) is 16.2 Å². The van der Waals surface area contributed by atoms with E-state index in [1.54, 1.807) is 24.3 Å². The number of anilines is 2. The molecule has 3 rings (SSSR count). The second-order valence-corrected chi connectivity index (χ2v) is 8.34. The third-order valence-corrected chi connectivity index (χ3v) is 5.27. The summed E-state index contributed by atoms with van der Waals surface area (Å²) in [5.41, 5.74) is 14.1. The Bertz CT molecular complexity index is 1140. The van der Waals surface area contributed by atoms with Gasteiger partial charge in [-0.05, 0) is 75.1 Å². The molecule has 6 N–H and O–H groups in total. The summed E-state index contributed by atoms with van der Waals surface area (Å²) in [6.07, 6.45) is 0. The molecule has 0 radical (unpaired) electrons. The van der Waals surface area contributed by atoms with Crippen molar-refractivity contribution in [2.45, 2.75) is 13.0 Å². The summed E-state index contributed by atoms with van der Waals surface area (Å²) < 4.78 is 11.8. The number of rotatable bonds is 13. The number of benzene rings is 3. The first-order valence-corrected chi connectivity index (χ1v) is 11.7. The van der Waals surface area contributed by atoms with Crippen molar-refractivity contribution in [3.63, 3.8) is 0 Å². The Morgan fingerprint density at radius 2 is 1.69 bits per heavy atom. The third-order valence-electron chi connectivity index (χ3n) is 5.27. The molecule has 0 aliphatic carbocycles. The topological polar surface area (TPSA) is 125 Å². The molecule has 0 aromatic heterocycles. The van der Waals surface area contributed by atoms with Gasteiger partial charge in [-0.15, -0.1) is 0 Å². The Hall–Kier alpha value is -4.24. The van der Waals surface area contributed by atoms with Crippen LogP contribution in [0.1, 0.15) is 24.1 Å². The Balaban J connectivity index is 1.86. The van der Waals surface area contributed by atoms with Crippen LogP contribution in [0.4, 0.5) is 11.4 Å². The molecule has 9 nitrogen and oxygen atoms in total. The van der Waals surface area contributed by atoms with E-state index in [1.807, 2.05) is 74.4 Å². The van der Waals surface area contributed by atoms with Crippen LogP contribution in [0.3, 0.4) is 0 Å². The van der Waals surface area contributed by atoms with Crippen LogP contribution in [0.2, 0.25) is 0 Å². The predicted octanol–water partition coefficient (Wildman–Crippen LogP) is 3.61. The van der Waals surface area contributed by atoms with E-state index < -0.39 is 6.04 Å². The van der Waals surface area contributed by atoms with E-state index >= 15 is 0 Å². The van der Waals surface area contributed by atoms with Gasteiger partial charge in [0.05, 0.1) is 12.3 Å². The van der Waals surface area contributed by atoms with Gasteiger partial charge in [0, 0.05) is 17.8 Å². The number of amides is 1. The number of likely N-dealkylation sites (N-methyl/N-ethyl adjacent to an activating group) is 1. The van der Waals surface area contributed by atoms with Crippen LogP contribution in [0, 0.1) is 5.41 Å². The summed E-state index contributed by atoms with van der Waals surface area (Å²) >= 11 is 0. The standard InChI is InChI=1S/C27H34N6O3/c1-4-35-24-18-20(12-15-23(24)36-17-16-33(2)3)25(27(34)32-31-22-8-6-5-7-9-22)30-21-13-10-19(11-14-21)26(28)29/h5-15,18,25,30-31H,4,16-17H2,1-3H3,(H3,28,29)(H,32,34). The molecule has 0 aliphatic rings. The quantitative estimate of drug-likeness (QED) is 0.141. The van der Waals surface area contributed by atoms with E-state index in [4.69, 9.17) is 20.6 Å². The number of nitrogens with two attached hydrogens (primary N) is 1. The lowest BCUT2D eigenvalue weighted by atomic mass is 10.0. The fourth-order valence-corrected chi connectivity index (χ4v) is 3.37. The molecule has 0 aliphatic heterocycles. The van der Waals surface area contributed by atoms with Crippen molar-refractivity contribution in [3.8, 4) is 11.5 Å². The summed E-state index contributed by atoms with van der Waals surface area (Å²) in [5.74, 6) is 0.874. The number of amidine groups is 1. The average Bonchev–Trinajstić information content (AvgIpc) is 2.87. The van der Waals surface area contributed by atoms with Gasteiger partial charge in [-0.3, -0.25) is 21.1 Å². The molecule has 1 atom stereocenters. The molecule has 0 spiro atoms. The van der Waals surface area contributed by atoms with Crippen molar-refractivity contribution in [1.29, 1.82) is 5.41 Å². The molecule has 0 bridgehead atoms. The first kappa shape index (κ1) is 26.4. The monoisotopic (exact) mass is 490 g/mol. The summed E-state index contributed by atoms with van der Waals surface area (Å²) in [7, 11) is 3.97. The molecule has 9 heteroatoms. The van der Waals surface area contributed by atoms with E-state index in [0.29, 0.717) is 41.5 Å². The van der Waals surface area contributed by atoms with Crippen LogP contribution < -0.4 is 31.4 Å². The molecule has 0 saturated carbocycles. The molecule has 1 unspecified atom stereocenters. The van der Waals surface area contributed by atoms with Gasteiger partial charge in [-0.2, -0.15) is 0 Å². The predicted molar refractivity (Wildman–Crippen MR) is 144 cm³/mol. The highest BCUT2D eigenvalue weighted by atomic mass is 16.5. The van der Waals surface area contributed by atoms with Gasteiger partial charge in [0.2, 0.25) is 0 Å². The smallest absolute Gasteiger partial charge is 0.265 e. The Kier molecular flexibility index (Phi) is 9.53. The normalized spacial score (nSPS) is 11.4. The molecule has 3 aromatic rings. The molecule has 0 fully saturated rings. The van der Waals surface area contributed by atoms with Gasteiger partial charge < -0.3 is 25.4 Å². The van der Waals surface area contributed by atoms with Crippen molar-refractivity contribution in [2.75, 3.05) is 44.6 Å². The first-order valence-electron chi connectivity index (χ1n) is 11.7. The van der Waals surface area contributed by atoms with E-state index in [-0.39, 0.29) is 11.7 Å². The van der Waals surface area contributed by atoms with Gasteiger partial charge in [0.25, 0.3) is 5.91 Å². The van der Waals surface area contributed by atoms with E-state index in [1.165, 1.54) is 0 Å². The summed E-state index contributed by atoms with van der Waals surface area (Å²) in [4.78, 5) is 15.4. The van der Waals surface area contributed by atoms with Crippen molar-refractivity contribution < 1.29 is 14.3 Å². The number of hydrogen-bond acceptors (Lipinski definition) is 7. The van der Waals surface area contributed by atoms with Crippen molar-refractivity contribution in [3.05, 3.63) is 83.9 Å². The number of nitrogens with one attached hydrogen (secondary N) is 4. The van der Waals surface area contributed by atoms with Gasteiger partial charge >= 0.3 is 0 Å². The lowest BCUT2D eigenvalue weighted by Gasteiger charge is -2.22. The zero-order valence-corrected chi connectivity index (χ0v) is 20.9. The minimum atomic E-state index is -0.751. The maximum absolute atomic E-state index is 13.3. The van der Waals surface area contributed by atoms with Gasteiger partial charge in [-0.25, -0.2) is 0 Å². The number of nitrogen functional groups attached to an aromatic ring is 1. The van der Waals surface area contributed by atoms with Crippen molar-refractivity contribution in [2.24, 2.45) is 5.73 Å². The largest absolute Gasteiger partial charge is 0.490 e. The lowest BCUT2D eigenvalue weighted by Crippen LogP contribution is -2.37. The van der Waals surface area contributed by atoms with Crippen LogP contribution in [-0.4, -0.2) is 50.5 Å². The molecular formula is C27H34N6O3. The summed E-state index contributed by atoms with van der Waals surface area (Å²) in [5, 5.41) is 10.9.